The summed E-state index contributed by atoms with van der Waals surface area (Å²) in [5.74, 6) is -3.82. The Labute approximate surface area is 350 Å². The molecule has 2 heterocycles. The zero-order valence-electron chi connectivity index (χ0n) is 33.9. The van der Waals surface area contributed by atoms with Crippen LogP contribution in [0.4, 0.5) is 4.79 Å². The predicted octanol–water partition coefficient (Wildman–Crippen LogP) is 2.29. The van der Waals surface area contributed by atoms with Gasteiger partial charge in [0.05, 0.1) is 24.0 Å². The number of nitrogens with zero attached hydrogens (tertiary/aromatic N) is 4. The summed E-state index contributed by atoms with van der Waals surface area (Å²) in [5, 5.41) is 31.7. The van der Waals surface area contributed by atoms with E-state index in [1.807, 2.05) is 30.3 Å². The van der Waals surface area contributed by atoms with Gasteiger partial charge in [0, 0.05) is 25.1 Å². The molecule has 3 fully saturated rings. The second-order valence-electron chi connectivity index (χ2n) is 16.8. The fraction of sp³-hybridized carbons (Fsp3) is 0.561. The highest BCUT2D eigenvalue weighted by Crippen LogP contribution is 2.38. The summed E-state index contributed by atoms with van der Waals surface area (Å²) in [5.41, 5.74) is 4.75. The summed E-state index contributed by atoms with van der Waals surface area (Å²) >= 11 is -2.22. The van der Waals surface area contributed by atoms with Gasteiger partial charge in [-0.1, -0.05) is 67.6 Å². The van der Waals surface area contributed by atoms with Gasteiger partial charge >= 0.3 is 6.03 Å². The van der Waals surface area contributed by atoms with Crippen LogP contribution in [0.15, 0.2) is 48.7 Å². The van der Waals surface area contributed by atoms with Crippen LogP contribution in [0.3, 0.4) is 0 Å². The van der Waals surface area contributed by atoms with E-state index in [-0.39, 0.29) is 38.3 Å². The third-order valence-corrected chi connectivity index (χ3v) is 13.0. The number of aliphatic hydroxyl groups is 1. The van der Waals surface area contributed by atoms with Crippen molar-refractivity contribution in [1.29, 1.82) is 0 Å². The zero-order chi connectivity index (χ0) is 43.2. The molecule has 0 radical (unpaired) electrons. The Morgan fingerprint density at radius 3 is 2.37 bits per heavy atom. The highest BCUT2D eigenvalue weighted by molar-refractivity contribution is 7.81. The van der Waals surface area contributed by atoms with Crippen molar-refractivity contribution >= 4 is 57.3 Å². The minimum absolute atomic E-state index is 0.00934. The molecule has 1 aliphatic heterocycles. The standard InChI is InChI=1S/C41H55N9O9S/c1-40(2,57)33-23-44-48-50(33)29-22-32(37(54)45-30(34(51)35(42)52)14-8-9-19-43-39(56)47-41(17-18-41)60(58)59)49(24-29)38(55)31(20-25-10-4-3-5-11-25)46-36(53)28-16-15-26-12-6-7-13-27(26)21-28/h6-7,12-13,15-16,21,23,25,29-32,57H,3-5,8-11,14,17-20,22,24H2,1-2H3,(H2,42,52)(H,45,54)(H,46,53)(H,58,59)(H2,43,47,56)/t29-,30?,31+,32-/m0/s1. The Morgan fingerprint density at radius 2 is 1.70 bits per heavy atom. The molecule has 3 aromatic rings. The van der Waals surface area contributed by atoms with Crippen LogP contribution in [-0.4, -0.2) is 105 Å². The highest BCUT2D eigenvalue weighted by Gasteiger charge is 2.50. The quantitative estimate of drug-likeness (QED) is 0.0555. The lowest BCUT2D eigenvalue weighted by atomic mass is 9.84. The topological polar surface area (TPSA) is 268 Å². The van der Waals surface area contributed by atoms with Gasteiger partial charge in [-0.3, -0.25) is 24.0 Å². The summed E-state index contributed by atoms with van der Waals surface area (Å²) in [6, 6.07) is 8.13. The van der Waals surface area contributed by atoms with Crippen molar-refractivity contribution in [2.24, 2.45) is 11.7 Å². The average molecular weight is 850 g/mol. The number of benzene rings is 2. The lowest BCUT2D eigenvalue weighted by Crippen LogP contribution is -2.56. The van der Waals surface area contributed by atoms with E-state index < -0.39 is 81.2 Å². The number of Topliss-reactive ketones (excluding diaryl/α,β-unsaturated/α-hetero) is 1. The molecular weight excluding hydrogens is 795 g/mol. The molecule has 18 nitrogen and oxygen atoms in total. The molecule has 0 bridgehead atoms. The molecule has 2 aromatic carbocycles. The number of carbonyl (C=O) groups is 6. The number of urea groups is 1. The van der Waals surface area contributed by atoms with Gasteiger partial charge in [-0.25, -0.2) is 13.7 Å². The van der Waals surface area contributed by atoms with Crippen molar-refractivity contribution in [3.8, 4) is 0 Å². The first-order valence-electron chi connectivity index (χ1n) is 20.6. The van der Waals surface area contributed by atoms with Gasteiger partial charge in [-0.2, -0.15) is 0 Å². The van der Waals surface area contributed by atoms with Crippen LogP contribution in [-0.2, 0) is 35.9 Å². The van der Waals surface area contributed by atoms with Gasteiger partial charge in [0.1, 0.15) is 22.6 Å². The Morgan fingerprint density at radius 1 is 0.983 bits per heavy atom. The molecule has 5 atom stereocenters. The average Bonchev–Trinajstić information content (AvgIpc) is 3.60. The minimum Gasteiger partial charge on any atom is -0.384 e. The molecule has 6 rings (SSSR count). The Hall–Kier alpha value is -5.27. The van der Waals surface area contributed by atoms with E-state index in [1.165, 1.54) is 15.8 Å². The van der Waals surface area contributed by atoms with E-state index in [1.54, 1.807) is 26.0 Å². The Kier molecular flexibility index (Phi) is 14.0. The van der Waals surface area contributed by atoms with Crippen LogP contribution in [0.2, 0.25) is 0 Å². The highest BCUT2D eigenvalue weighted by atomic mass is 32.2. The van der Waals surface area contributed by atoms with Gasteiger partial charge in [0.15, 0.2) is 11.1 Å². The molecule has 60 heavy (non-hydrogen) atoms. The summed E-state index contributed by atoms with van der Waals surface area (Å²) < 4.78 is 22.4. The van der Waals surface area contributed by atoms with Crippen LogP contribution >= 0.6 is 0 Å². The predicted molar refractivity (Wildman–Crippen MR) is 220 cm³/mol. The second-order valence-corrected chi connectivity index (χ2v) is 18.0. The Bertz CT molecular complexity index is 2110. The molecule has 0 spiro atoms. The first-order chi connectivity index (χ1) is 28.6. The first-order valence-corrected chi connectivity index (χ1v) is 21.7. The number of ketones is 1. The number of fused-ring (bicyclic) bond motifs is 1. The van der Waals surface area contributed by atoms with E-state index in [2.05, 4.69) is 31.6 Å². The number of hydrogen-bond acceptors (Lipinski definition) is 10. The van der Waals surface area contributed by atoms with Crippen molar-refractivity contribution in [3.63, 3.8) is 0 Å². The second kappa shape index (κ2) is 19.0. The third-order valence-electron chi connectivity index (χ3n) is 11.8. The van der Waals surface area contributed by atoms with Crippen LogP contribution < -0.4 is 27.0 Å². The van der Waals surface area contributed by atoms with Crippen LogP contribution in [0, 0.1) is 5.92 Å². The van der Waals surface area contributed by atoms with Crippen LogP contribution in [0.25, 0.3) is 10.8 Å². The lowest BCUT2D eigenvalue weighted by Gasteiger charge is -2.32. The van der Waals surface area contributed by atoms with Crippen molar-refractivity contribution in [1.82, 2.24) is 41.2 Å². The minimum atomic E-state index is -2.22. The summed E-state index contributed by atoms with van der Waals surface area (Å²) in [7, 11) is 0. The van der Waals surface area contributed by atoms with Gasteiger partial charge < -0.3 is 41.6 Å². The molecule has 1 saturated heterocycles. The fourth-order valence-electron chi connectivity index (χ4n) is 8.28. The van der Waals surface area contributed by atoms with Gasteiger partial charge in [0.2, 0.25) is 17.6 Å². The van der Waals surface area contributed by atoms with E-state index in [0.717, 1.165) is 42.9 Å². The molecule has 324 valence electrons. The number of unbranched alkanes of at least 4 members (excludes halogenated alkanes) is 1. The summed E-state index contributed by atoms with van der Waals surface area (Å²) in [6.45, 7) is 3.22. The maximum atomic E-state index is 14.9. The van der Waals surface area contributed by atoms with Crippen molar-refractivity contribution < 1.29 is 42.6 Å². The van der Waals surface area contributed by atoms with E-state index >= 15 is 0 Å². The maximum Gasteiger partial charge on any atom is 0.316 e. The maximum absolute atomic E-state index is 14.9. The number of nitrogens with two attached hydrogens (primary N) is 1. The fourth-order valence-corrected chi connectivity index (χ4v) is 8.91. The third kappa shape index (κ3) is 10.7. The lowest BCUT2D eigenvalue weighted by molar-refractivity contribution is -0.142. The first kappa shape index (κ1) is 44.3. The SMILES string of the molecule is CC(C)(O)c1cnnn1[C@H]1C[C@@H](C(=O)NC(CCCCNC(=O)NC2(S(=O)O)CC2)C(=O)C(N)=O)N(C(=O)[C@@H](CC2CCCCC2)NC(=O)c2ccc3ccccc3c2)C1. The number of hydrogen-bond donors (Lipinski definition) is 7. The molecular formula is C41H55N9O9S. The van der Waals surface area contributed by atoms with Crippen molar-refractivity contribution in [3.05, 3.63) is 59.9 Å². The summed E-state index contributed by atoms with van der Waals surface area (Å²) in [6.07, 6.45) is 7.94. The molecule has 1 aromatic heterocycles. The van der Waals surface area contributed by atoms with Gasteiger partial charge in [0.25, 0.3) is 11.8 Å². The number of rotatable bonds is 18. The molecule has 2 unspecified atom stereocenters. The van der Waals surface area contributed by atoms with Crippen LogP contribution in [0.1, 0.15) is 113 Å². The van der Waals surface area contributed by atoms with E-state index in [4.69, 9.17) is 5.73 Å². The van der Waals surface area contributed by atoms with Crippen LogP contribution in [0.5, 0.6) is 0 Å². The van der Waals surface area contributed by atoms with Crippen molar-refractivity contribution in [2.75, 3.05) is 13.1 Å². The van der Waals surface area contributed by atoms with E-state index in [0.29, 0.717) is 36.9 Å². The number of primary amides is 1. The number of nitrogens with one attached hydrogen (secondary N) is 4. The molecule has 3 aliphatic rings. The molecule has 6 amide bonds. The smallest absolute Gasteiger partial charge is 0.316 e. The largest absolute Gasteiger partial charge is 0.384 e. The Balaban J connectivity index is 1.21. The molecule has 2 saturated carbocycles. The van der Waals surface area contributed by atoms with Gasteiger partial charge in [-0.05, 0) is 81.2 Å². The monoisotopic (exact) mass is 849 g/mol. The molecule has 2 aliphatic carbocycles. The number of aromatic nitrogens is 3. The molecule has 8 N–H and O–H groups in total. The van der Waals surface area contributed by atoms with Crippen molar-refractivity contribution in [2.45, 2.75) is 126 Å². The van der Waals surface area contributed by atoms with E-state index in [9.17, 15) is 42.6 Å². The molecule has 19 heteroatoms. The normalized spacial score (nSPS) is 20.4. The summed E-state index contributed by atoms with van der Waals surface area (Å²) in [4.78, 5) is 80.9. The number of likely N-dealkylation sites (tertiary alicyclic amines) is 1. The number of amides is 6. The van der Waals surface area contributed by atoms with Gasteiger partial charge in [-0.15, -0.1) is 5.10 Å². The zero-order valence-corrected chi connectivity index (χ0v) is 34.7. The number of carbonyl (C=O) groups excluding carboxylic acids is 6.